The normalized spacial score (nSPS) is 10.7. The Bertz CT molecular complexity index is 840. The monoisotopic (exact) mass is 446 g/mol. The van der Waals surface area contributed by atoms with Crippen molar-refractivity contribution in [3.63, 3.8) is 0 Å². The van der Waals surface area contributed by atoms with Crippen molar-refractivity contribution in [2.24, 2.45) is 0 Å². The lowest BCUT2D eigenvalue weighted by molar-refractivity contribution is 0.0624. The Labute approximate surface area is 185 Å². The first kappa shape index (κ1) is 26.1. The van der Waals surface area contributed by atoms with Crippen LogP contribution in [0.5, 0.6) is 0 Å². The fraction of sp³-hybridized carbons (Fsp3) is 0.400. The summed E-state index contributed by atoms with van der Waals surface area (Å²) >= 11 is 0. The Morgan fingerprint density at radius 3 is 1.25 bits per heavy atom. The average Bonchev–Trinajstić information content (AvgIpc) is 2.66. The van der Waals surface area contributed by atoms with Crippen LogP contribution in [0.3, 0.4) is 0 Å². The van der Waals surface area contributed by atoms with E-state index in [1.54, 1.807) is 41.5 Å². The molecule has 0 saturated carbocycles. The second kappa shape index (κ2) is 11.4. The van der Waals surface area contributed by atoms with Crippen molar-refractivity contribution in [3.05, 3.63) is 36.2 Å². The molecule has 2 amide bonds. The molecule has 0 fully saturated rings. The second-order valence-electron chi connectivity index (χ2n) is 8.14. The molecule has 0 aliphatic carbocycles. The molecular formula is C20H26N6O6. The summed E-state index contributed by atoms with van der Waals surface area (Å²) < 4.78 is 10.0. The Kier molecular flexibility index (Phi) is 9.32. The molecule has 0 bridgehead atoms. The van der Waals surface area contributed by atoms with Gasteiger partial charge in [-0.2, -0.15) is 0 Å². The van der Waals surface area contributed by atoms with Crippen LogP contribution in [-0.4, -0.2) is 55.9 Å². The summed E-state index contributed by atoms with van der Waals surface area (Å²) in [7, 11) is 0. The molecule has 0 unspecified atom stereocenters. The van der Waals surface area contributed by atoms with Crippen LogP contribution in [0.2, 0.25) is 0 Å². The van der Waals surface area contributed by atoms with Gasteiger partial charge in [0.25, 0.3) is 0 Å². The summed E-state index contributed by atoms with van der Waals surface area (Å²) in [6.45, 7) is 10.5. The van der Waals surface area contributed by atoms with E-state index in [0.717, 1.165) is 0 Å². The number of carbonyl (C=O) groups is 4. The largest absolute Gasteiger partial charge is 0.444 e. The summed E-state index contributed by atoms with van der Waals surface area (Å²) in [6.07, 6.45) is 5.02. The standard InChI is InChI=1S/2C10H13N3O3/c2*1-10(2,3)16-9(15)13-8-5-11-7(6-14)4-12-8/h2*4-6H,1-3H3,(H,12,13,15). The molecule has 2 heterocycles. The molecule has 0 saturated heterocycles. The van der Waals surface area contributed by atoms with Crippen LogP contribution in [0.4, 0.5) is 21.2 Å². The van der Waals surface area contributed by atoms with Crippen LogP contribution < -0.4 is 10.6 Å². The molecular weight excluding hydrogens is 420 g/mol. The van der Waals surface area contributed by atoms with Gasteiger partial charge in [-0.1, -0.05) is 0 Å². The highest BCUT2D eigenvalue weighted by Gasteiger charge is 2.17. The quantitative estimate of drug-likeness (QED) is 0.666. The predicted molar refractivity (Wildman–Crippen MR) is 115 cm³/mol. The first-order valence-electron chi connectivity index (χ1n) is 9.36. The van der Waals surface area contributed by atoms with Crippen LogP contribution >= 0.6 is 0 Å². The van der Waals surface area contributed by atoms with Gasteiger partial charge in [-0.3, -0.25) is 20.2 Å². The summed E-state index contributed by atoms with van der Waals surface area (Å²) in [4.78, 5) is 58.4. The Morgan fingerprint density at radius 1 is 0.688 bits per heavy atom. The highest BCUT2D eigenvalue weighted by molar-refractivity contribution is 5.84. The molecule has 0 aliphatic rings. The molecule has 32 heavy (non-hydrogen) atoms. The van der Waals surface area contributed by atoms with E-state index in [1.807, 2.05) is 0 Å². The van der Waals surface area contributed by atoms with Crippen LogP contribution in [0.25, 0.3) is 0 Å². The molecule has 0 atom stereocenters. The number of anilines is 2. The number of ether oxygens (including phenoxy) is 2. The Morgan fingerprint density at radius 2 is 1.03 bits per heavy atom. The van der Waals surface area contributed by atoms with Gasteiger partial charge >= 0.3 is 12.2 Å². The molecule has 2 rings (SSSR count). The van der Waals surface area contributed by atoms with Crippen molar-refractivity contribution < 1.29 is 28.7 Å². The smallest absolute Gasteiger partial charge is 0.413 e. The molecule has 2 aromatic heterocycles. The van der Waals surface area contributed by atoms with Gasteiger partial charge in [0.2, 0.25) is 0 Å². The van der Waals surface area contributed by atoms with Crippen LogP contribution in [-0.2, 0) is 9.47 Å². The number of hydrogen-bond acceptors (Lipinski definition) is 10. The maximum Gasteiger partial charge on any atom is 0.413 e. The molecule has 2 N–H and O–H groups in total. The lowest BCUT2D eigenvalue weighted by Gasteiger charge is -2.19. The molecule has 0 aromatic carbocycles. The van der Waals surface area contributed by atoms with E-state index in [4.69, 9.17) is 9.47 Å². The maximum absolute atomic E-state index is 11.3. The predicted octanol–water partition coefficient (Wildman–Crippen LogP) is 3.27. The number of amides is 2. The van der Waals surface area contributed by atoms with Crippen molar-refractivity contribution >= 4 is 36.4 Å². The van der Waals surface area contributed by atoms with Gasteiger partial charge in [-0.05, 0) is 41.5 Å². The second-order valence-corrected chi connectivity index (χ2v) is 8.14. The summed E-state index contributed by atoms with van der Waals surface area (Å²) in [5.41, 5.74) is -0.731. The molecule has 172 valence electrons. The minimum absolute atomic E-state index is 0.203. The number of aldehydes is 2. The van der Waals surface area contributed by atoms with E-state index in [0.29, 0.717) is 12.6 Å². The molecule has 0 spiro atoms. The van der Waals surface area contributed by atoms with Crippen molar-refractivity contribution in [2.45, 2.75) is 52.7 Å². The number of nitrogens with zero attached hydrogens (tertiary/aromatic N) is 4. The van der Waals surface area contributed by atoms with Gasteiger partial charge in [0, 0.05) is 0 Å². The lowest BCUT2D eigenvalue weighted by atomic mass is 10.2. The highest BCUT2D eigenvalue weighted by atomic mass is 16.6. The van der Waals surface area contributed by atoms with Gasteiger partial charge in [0.05, 0.1) is 24.8 Å². The van der Waals surface area contributed by atoms with Crippen molar-refractivity contribution in [3.8, 4) is 0 Å². The van der Waals surface area contributed by atoms with Crippen molar-refractivity contribution in [2.75, 3.05) is 10.6 Å². The fourth-order valence-corrected chi connectivity index (χ4v) is 1.74. The summed E-state index contributed by atoms with van der Waals surface area (Å²) in [6, 6.07) is 0. The first-order chi connectivity index (χ1) is 14.8. The van der Waals surface area contributed by atoms with E-state index in [2.05, 4.69) is 30.6 Å². The molecule has 2 aromatic rings. The van der Waals surface area contributed by atoms with E-state index in [9.17, 15) is 19.2 Å². The topological polar surface area (TPSA) is 162 Å². The van der Waals surface area contributed by atoms with E-state index < -0.39 is 23.4 Å². The third-order valence-electron chi connectivity index (χ3n) is 2.84. The fourth-order valence-electron chi connectivity index (χ4n) is 1.74. The average molecular weight is 446 g/mol. The molecule has 12 nitrogen and oxygen atoms in total. The SMILES string of the molecule is CC(C)(C)OC(=O)Nc1cnc(C=O)cn1.CC(C)(C)OC(=O)Nc1cnc(C=O)cn1. The van der Waals surface area contributed by atoms with Crippen LogP contribution in [0.15, 0.2) is 24.8 Å². The zero-order valence-corrected chi connectivity index (χ0v) is 18.7. The molecule has 0 aliphatic heterocycles. The third-order valence-corrected chi connectivity index (χ3v) is 2.84. The van der Waals surface area contributed by atoms with E-state index >= 15 is 0 Å². The van der Waals surface area contributed by atoms with Gasteiger partial charge in [0.15, 0.2) is 24.2 Å². The molecule has 0 radical (unpaired) electrons. The minimum Gasteiger partial charge on any atom is -0.444 e. The Balaban J connectivity index is 0.000000320. The number of hydrogen-bond donors (Lipinski definition) is 2. The third kappa shape index (κ3) is 11.3. The number of aromatic nitrogens is 4. The van der Waals surface area contributed by atoms with Crippen LogP contribution in [0.1, 0.15) is 62.5 Å². The highest BCUT2D eigenvalue weighted by Crippen LogP contribution is 2.10. The number of rotatable bonds is 4. The zero-order chi connectivity index (χ0) is 24.4. The summed E-state index contributed by atoms with van der Waals surface area (Å²) in [5.74, 6) is 0.472. The first-order valence-corrected chi connectivity index (χ1v) is 9.36. The Hall–Kier alpha value is -3.96. The minimum atomic E-state index is -0.611. The molecule has 12 heteroatoms. The van der Waals surface area contributed by atoms with Gasteiger partial charge < -0.3 is 9.47 Å². The van der Waals surface area contributed by atoms with Crippen LogP contribution in [0, 0.1) is 0 Å². The van der Waals surface area contributed by atoms with E-state index in [-0.39, 0.29) is 23.0 Å². The maximum atomic E-state index is 11.3. The number of nitrogens with one attached hydrogen (secondary N) is 2. The zero-order valence-electron chi connectivity index (χ0n) is 18.7. The number of carbonyl (C=O) groups excluding carboxylic acids is 4. The van der Waals surface area contributed by atoms with Crippen molar-refractivity contribution in [1.29, 1.82) is 0 Å². The van der Waals surface area contributed by atoms with Gasteiger partial charge in [-0.25, -0.2) is 29.5 Å². The van der Waals surface area contributed by atoms with Gasteiger partial charge in [-0.15, -0.1) is 0 Å². The van der Waals surface area contributed by atoms with Gasteiger partial charge in [0.1, 0.15) is 22.6 Å². The van der Waals surface area contributed by atoms with Crippen molar-refractivity contribution in [1.82, 2.24) is 19.9 Å². The summed E-state index contributed by atoms with van der Waals surface area (Å²) in [5, 5.41) is 4.80. The lowest BCUT2D eigenvalue weighted by Crippen LogP contribution is -2.27. The van der Waals surface area contributed by atoms with E-state index in [1.165, 1.54) is 24.8 Å².